The normalized spacial score (nSPS) is 11.1. The SMILES string of the molecule is COC(=O)N(C)c1ccc(NC(=O)c2cc(-c3ccc(C)s3)nc3c2cnn3C(C)C)cc1. The van der Waals surface area contributed by atoms with Crippen LogP contribution in [-0.2, 0) is 4.74 Å². The summed E-state index contributed by atoms with van der Waals surface area (Å²) in [4.78, 5) is 33.4. The summed E-state index contributed by atoms with van der Waals surface area (Å²) in [6, 6.07) is 12.9. The molecule has 0 aliphatic carbocycles. The van der Waals surface area contributed by atoms with Crippen molar-refractivity contribution in [2.45, 2.75) is 26.8 Å². The van der Waals surface area contributed by atoms with Gasteiger partial charge in [-0.05, 0) is 63.2 Å². The number of carbonyl (C=O) groups is 2. The van der Waals surface area contributed by atoms with Crippen LogP contribution in [0.3, 0.4) is 0 Å². The number of aryl methyl sites for hydroxylation is 1. The van der Waals surface area contributed by atoms with Crippen LogP contribution in [0.1, 0.15) is 35.1 Å². The van der Waals surface area contributed by atoms with Crippen LogP contribution >= 0.6 is 11.3 Å². The molecule has 3 heterocycles. The predicted octanol–water partition coefficient (Wildman–Crippen LogP) is 5.50. The molecular formula is C24H25N5O3S. The molecule has 170 valence electrons. The highest BCUT2D eigenvalue weighted by Gasteiger charge is 2.19. The highest BCUT2D eigenvalue weighted by Crippen LogP contribution is 2.31. The summed E-state index contributed by atoms with van der Waals surface area (Å²) < 4.78 is 6.56. The van der Waals surface area contributed by atoms with E-state index in [0.29, 0.717) is 28.0 Å². The Balaban J connectivity index is 1.69. The molecule has 1 N–H and O–H groups in total. The van der Waals surface area contributed by atoms with E-state index < -0.39 is 6.09 Å². The number of pyridine rings is 1. The van der Waals surface area contributed by atoms with Crippen molar-refractivity contribution in [1.82, 2.24) is 14.8 Å². The van der Waals surface area contributed by atoms with E-state index in [0.717, 1.165) is 10.6 Å². The Bertz CT molecular complexity index is 1320. The molecule has 3 aromatic heterocycles. The van der Waals surface area contributed by atoms with Crippen molar-refractivity contribution in [2.75, 3.05) is 24.4 Å². The molecule has 0 unspecified atom stereocenters. The van der Waals surface area contributed by atoms with Crippen molar-refractivity contribution < 1.29 is 14.3 Å². The number of thiophene rings is 1. The number of hydrogen-bond acceptors (Lipinski definition) is 6. The van der Waals surface area contributed by atoms with Gasteiger partial charge in [0, 0.05) is 29.3 Å². The second-order valence-corrected chi connectivity index (χ2v) is 9.20. The van der Waals surface area contributed by atoms with E-state index in [1.165, 1.54) is 16.9 Å². The molecule has 2 amide bonds. The lowest BCUT2D eigenvalue weighted by atomic mass is 10.1. The van der Waals surface area contributed by atoms with E-state index in [1.54, 1.807) is 48.8 Å². The molecule has 1 aromatic carbocycles. The molecule has 9 heteroatoms. The van der Waals surface area contributed by atoms with E-state index in [-0.39, 0.29) is 11.9 Å². The fourth-order valence-corrected chi connectivity index (χ4v) is 4.32. The minimum Gasteiger partial charge on any atom is -0.452 e. The number of amides is 2. The lowest BCUT2D eigenvalue weighted by molar-refractivity contribution is 0.102. The third-order valence-corrected chi connectivity index (χ3v) is 6.28. The number of fused-ring (bicyclic) bond motifs is 1. The van der Waals surface area contributed by atoms with Crippen molar-refractivity contribution in [3.63, 3.8) is 0 Å². The van der Waals surface area contributed by atoms with Gasteiger partial charge in [0.05, 0.1) is 34.8 Å². The standard InChI is InChI=1S/C24H25N5O3S/c1-14(2)29-22-19(13-25-29)18(12-20(27-22)21-11-6-15(3)33-21)23(30)26-16-7-9-17(10-8-16)28(4)24(31)32-5/h6-14H,1-5H3,(H,26,30). The molecule has 0 aliphatic heterocycles. The Morgan fingerprint density at radius 3 is 2.48 bits per heavy atom. The maximum absolute atomic E-state index is 13.3. The average Bonchev–Trinajstić information content (AvgIpc) is 3.44. The second kappa shape index (κ2) is 9.03. The number of nitrogens with zero attached hydrogens (tertiary/aromatic N) is 4. The van der Waals surface area contributed by atoms with Gasteiger partial charge in [0.15, 0.2) is 5.65 Å². The van der Waals surface area contributed by atoms with E-state index in [9.17, 15) is 9.59 Å². The summed E-state index contributed by atoms with van der Waals surface area (Å²) in [7, 11) is 2.95. The lowest BCUT2D eigenvalue weighted by Crippen LogP contribution is -2.25. The number of ether oxygens (including phenoxy) is 1. The van der Waals surface area contributed by atoms with Crippen molar-refractivity contribution in [3.8, 4) is 10.6 Å². The number of hydrogen-bond donors (Lipinski definition) is 1. The van der Waals surface area contributed by atoms with E-state index in [4.69, 9.17) is 9.72 Å². The summed E-state index contributed by atoms with van der Waals surface area (Å²) in [5.41, 5.74) is 3.18. The Hall–Kier alpha value is -3.72. The van der Waals surface area contributed by atoms with Gasteiger partial charge < -0.3 is 10.1 Å². The summed E-state index contributed by atoms with van der Waals surface area (Å²) in [5, 5.41) is 8.11. The number of aromatic nitrogens is 3. The van der Waals surface area contributed by atoms with Gasteiger partial charge in [0.2, 0.25) is 0 Å². The smallest absolute Gasteiger partial charge is 0.413 e. The molecule has 0 saturated heterocycles. The second-order valence-electron chi connectivity index (χ2n) is 7.92. The Kier molecular flexibility index (Phi) is 6.15. The third-order valence-electron chi connectivity index (χ3n) is 5.25. The first-order valence-electron chi connectivity index (χ1n) is 10.5. The Morgan fingerprint density at radius 1 is 1.15 bits per heavy atom. The van der Waals surface area contributed by atoms with Gasteiger partial charge in [-0.15, -0.1) is 11.3 Å². The van der Waals surface area contributed by atoms with Gasteiger partial charge in [-0.2, -0.15) is 5.10 Å². The number of carbonyl (C=O) groups excluding carboxylic acids is 2. The van der Waals surface area contributed by atoms with Crippen molar-refractivity contribution in [2.24, 2.45) is 0 Å². The first-order chi connectivity index (χ1) is 15.8. The van der Waals surface area contributed by atoms with Gasteiger partial charge in [-0.1, -0.05) is 0 Å². The van der Waals surface area contributed by atoms with E-state index >= 15 is 0 Å². The van der Waals surface area contributed by atoms with Crippen LogP contribution in [0.4, 0.5) is 16.2 Å². The van der Waals surface area contributed by atoms with Crippen LogP contribution < -0.4 is 10.2 Å². The minimum atomic E-state index is -0.468. The number of rotatable bonds is 5. The monoisotopic (exact) mass is 463 g/mol. The topological polar surface area (TPSA) is 89.3 Å². The van der Waals surface area contributed by atoms with Crippen molar-refractivity contribution in [1.29, 1.82) is 0 Å². The molecule has 0 bridgehead atoms. The molecule has 0 aliphatic rings. The number of methoxy groups -OCH3 is 1. The van der Waals surface area contributed by atoms with E-state index in [1.807, 2.05) is 43.7 Å². The van der Waals surface area contributed by atoms with E-state index in [2.05, 4.69) is 10.4 Å². The van der Waals surface area contributed by atoms with Gasteiger partial charge in [0.25, 0.3) is 5.91 Å². The number of nitrogens with one attached hydrogen (secondary N) is 1. The summed E-state index contributed by atoms with van der Waals surface area (Å²) in [5.74, 6) is -0.255. The van der Waals surface area contributed by atoms with Crippen LogP contribution in [0.5, 0.6) is 0 Å². The summed E-state index contributed by atoms with van der Waals surface area (Å²) in [6.45, 7) is 6.10. The highest BCUT2D eigenvalue weighted by molar-refractivity contribution is 7.15. The van der Waals surface area contributed by atoms with Crippen LogP contribution in [0, 0.1) is 6.92 Å². The first kappa shape index (κ1) is 22.5. The van der Waals surface area contributed by atoms with Crippen LogP contribution in [0.15, 0.2) is 48.7 Å². The van der Waals surface area contributed by atoms with Crippen LogP contribution in [0.2, 0.25) is 0 Å². The fourth-order valence-electron chi connectivity index (χ4n) is 3.49. The fraction of sp³-hybridized carbons (Fsp3) is 0.250. The van der Waals surface area contributed by atoms with Crippen LogP contribution in [0.25, 0.3) is 21.6 Å². The van der Waals surface area contributed by atoms with Crippen molar-refractivity contribution >= 4 is 45.7 Å². The van der Waals surface area contributed by atoms with Gasteiger partial charge in [-0.3, -0.25) is 9.69 Å². The lowest BCUT2D eigenvalue weighted by Gasteiger charge is -2.16. The summed E-state index contributed by atoms with van der Waals surface area (Å²) in [6.07, 6.45) is 1.22. The summed E-state index contributed by atoms with van der Waals surface area (Å²) >= 11 is 1.63. The largest absolute Gasteiger partial charge is 0.452 e. The molecule has 0 saturated carbocycles. The Labute approximate surface area is 195 Å². The molecule has 4 rings (SSSR count). The highest BCUT2D eigenvalue weighted by atomic mass is 32.1. The molecule has 8 nitrogen and oxygen atoms in total. The third kappa shape index (κ3) is 4.45. The molecule has 4 aromatic rings. The maximum atomic E-state index is 13.3. The van der Waals surface area contributed by atoms with Gasteiger partial charge in [-0.25, -0.2) is 14.5 Å². The zero-order valence-electron chi connectivity index (χ0n) is 19.1. The molecular weight excluding hydrogens is 438 g/mol. The Morgan fingerprint density at radius 2 is 1.88 bits per heavy atom. The molecule has 0 fully saturated rings. The zero-order valence-corrected chi connectivity index (χ0v) is 19.9. The first-order valence-corrected chi connectivity index (χ1v) is 11.3. The molecule has 0 atom stereocenters. The van der Waals surface area contributed by atoms with Crippen LogP contribution in [-0.4, -0.2) is 40.9 Å². The maximum Gasteiger partial charge on any atom is 0.413 e. The minimum absolute atomic E-state index is 0.102. The van der Waals surface area contributed by atoms with Crippen molar-refractivity contribution in [3.05, 3.63) is 59.1 Å². The van der Waals surface area contributed by atoms with Gasteiger partial charge in [0.1, 0.15) is 0 Å². The predicted molar refractivity (Wildman–Crippen MR) is 131 cm³/mol. The number of benzene rings is 1. The van der Waals surface area contributed by atoms with Gasteiger partial charge >= 0.3 is 6.09 Å². The molecule has 0 spiro atoms. The molecule has 0 radical (unpaired) electrons. The zero-order chi connectivity index (χ0) is 23.7. The molecule has 33 heavy (non-hydrogen) atoms. The average molecular weight is 464 g/mol. The quantitative estimate of drug-likeness (QED) is 0.422. The number of anilines is 2.